The number of nitrogens with zero attached hydrogens (tertiary/aromatic N) is 2. The number of anilines is 1. The van der Waals surface area contributed by atoms with Gasteiger partial charge in [-0.2, -0.15) is 0 Å². The molecule has 3 heteroatoms. The second-order valence-corrected chi connectivity index (χ2v) is 6.77. The number of hydrogen-bond acceptors (Lipinski definition) is 3. The van der Waals surface area contributed by atoms with Gasteiger partial charge in [0.2, 0.25) is 0 Å². The second-order valence-electron chi connectivity index (χ2n) is 6.77. The van der Waals surface area contributed by atoms with E-state index in [-0.39, 0.29) is 0 Å². The van der Waals surface area contributed by atoms with Gasteiger partial charge in [0.05, 0.1) is 11.9 Å². The van der Waals surface area contributed by atoms with Gasteiger partial charge in [0.25, 0.3) is 0 Å². The van der Waals surface area contributed by atoms with Gasteiger partial charge in [-0.05, 0) is 42.3 Å². The molecule has 2 heterocycles. The summed E-state index contributed by atoms with van der Waals surface area (Å²) in [5.74, 6) is 2.29. The molecule has 1 saturated heterocycles. The van der Waals surface area contributed by atoms with Crippen molar-refractivity contribution < 1.29 is 0 Å². The van der Waals surface area contributed by atoms with Gasteiger partial charge in [-0.15, -0.1) is 0 Å². The fourth-order valence-corrected chi connectivity index (χ4v) is 2.89. The van der Waals surface area contributed by atoms with Crippen LogP contribution in [-0.2, 0) is 6.54 Å². The average molecular weight is 275 g/mol. The highest BCUT2D eigenvalue weighted by Crippen LogP contribution is 2.29. The molecule has 2 rings (SSSR count). The quantitative estimate of drug-likeness (QED) is 0.863. The molecule has 1 aliphatic rings. The van der Waals surface area contributed by atoms with E-state index in [1.54, 1.807) is 0 Å². The summed E-state index contributed by atoms with van der Waals surface area (Å²) in [6.45, 7) is 13.5. The fourth-order valence-electron chi connectivity index (χ4n) is 2.89. The molecule has 1 N–H and O–H groups in total. The van der Waals surface area contributed by atoms with Crippen molar-refractivity contribution >= 4 is 5.69 Å². The largest absolute Gasteiger partial charge is 0.370 e. The zero-order valence-corrected chi connectivity index (χ0v) is 13.4. The molecular weight excluding hydrogens is 246 g/mol. The number of pyridine rings is 1. The highest BCUT2D eigenvalue weighted by atomic mass is 15.2. The summed E-state index contributed by atoms with van der Waals surface area (Å²) in [4.78, 5) is 6.85. The normalized spacial score (nSPS) is 19.3. The van der Waals surface area contributed by atoms with Crippen LogP contribution in [0.5, 0.6) is 0 Å². The maximum atomic E-state index is 4.33. The van der Waals surface area contributed by atoms with Gasteiger partial charge in [0, 0.05) is 25.8 Å². The van der Waals surface area contributed by atoms with Crippen LogP contribution in [0.15, 0.2) is 18.5 Å². The highest BCUT2D eigenvalue weighted by Gasteiger charge is 2.26. The summed E-state index contributed by atoms with van der Waals surface area (Å²) in [5.41, 5.74) is 2.71. The molecule has 1 fully saturated rings. The Balaban J connectivity index is 2.01. The molecule has 1 aromatic rings. The van der Waals surface area contributed by atoms with Gasteiger partial charge >= 0.3 is 0 Å². The Morgan fingerprint density at radius 3 is 2.80 bits per heavy atom. The molecule has 1 unspecified atom stereocenters. The van der Waals surface area contributed by atoms with Crippen molar-refractivity contribution in [1.82, 2.24) is 10.3 Å². The Kier molecular flexibility index (Phi) is 5.41. The first-order valence-corrected chi connectivity index (χ1v) is 7.96. The molecule has 112 valence electrons. The Hall–Kier alpha value is -1.09. The first-order valence-electron chi connectivity index (χ1n) is 7.96. The third-order valence-corrected chi connectivity index (χ3v) is 4.26. The minimum Gasteiger partial charge on any atom is -0.370 e. The standard InChI is InChI=1S/C17H29N3/c1-13(2)9-19-10-15-5-7-18-11-17(15)20-8-6-16(12-20)14(3)4/h5,7,11,13-14,16,19H,6,8-10,12H2,1-4H3. The number of nitrogens with one attached hydrogen (secondary N) is 1. The summed E-state index contributed by atoms with van der Waals surface area (Å²) in [6, 6.07) is 2.16. The second kappa shape index (κ2) is 7.07. The molecule has 0 saturated carbocycles. The zero-order valence-electron chi connectivity index (χ0n) is 13.4. The van der Waals surface area contributed by atoms with Gasteiger partial charge in [-0.1, -0.05) is 27.7 Å². The molecule has 1 aliphatic heterocycles. The minimum absolute atomic E-state index is 0.692. The maximum absolute atomic E-state index is 4.33. The fraction of sp³-hybridized carbons (Fsp3) is 0.706. The van der Waals surface area contributed by atoms with Crippen molar-refractivity contribution in [2.75, 3.05) is 24.5 Å². The van der Waals surface area contributed by atoms with Crippen LogP contribution in [-0.4, -0.2) is 24.6 Å². The van der Waals surface area contributed by atoms with E-state index in [1.165, 1.54) is 30.8 Å². The third-order valence-electron chi connectivity index (χ3n) is 4.26. The van der Waals surface area contributed by atoms with E-state index in [0.717, 1.165) is 24.9 Å². The lowest BCUT2D eigenvalue weighted by Crippen LogP contribution is -2.25. The lowest BCUT2D eigenvalue weighted by atomic mass is 9.95. The third kappa shape index (κ3) is 3.95. The SMILES string of the molecule is CC(C)CNCc1ccncc1N1CCC(C(C)C)C1. The topological polar surface area (TPSA) is 28.2 Å². The van der Waals surface area contributed by atoms with Crippen LogP contribution in [0, 0.1) is 17.8 Å². The van der Waals surface area contributed by atoms with Crippen LogP contribution in [0.25, 0.3) is 0 Å². The monoisotopic (exact) mass is 275 g/mol. The Morgan fingerprint density at radius 1 is 1.35 bits per heavy atom. The van der Waals surface area contributed by atoms with Crippen molar-refractivity contribution in [3.63, 3.8) is 0 Å². The molecule has 0 aliphatic carbocycles. The van der Waals surface area contributed by atoms with E-state index in [0.29, 0.717) is 5.92 Å². The summed E-state index contributed by atoms with van der Waals surface area (Å²) < 4.78 is 0. The van der Waals surface area contributed by atoms with E-state index in [2.05, 4.69) is 49.0 Å². The summed E-state index contributed by atoms with van der Waals surface area (Å²) >= 11 is 0. The Bertz CT molecular complexity index is 414. The lowest BCUT2D eigenvalue weighted by molar-refractivity contribution is 0.422. The highest BCUT2D eigenvalue weighted by molar-refractivity contribution is 5.52. The van der Waals surface area contributed by atoms with Crippen LogP contribution in [0.2, 0.25) is 0 Å². The Morgan fingerprint density at radius 2 is 2.15 bits per heavy atom. The van der Waals surface area contributed by atoms with Crippen LogP contribution >= 0.6 is 0 Å². The first kappa shape index (κ1) is 15.3. The van der Waals surface area contributed by atoms with Crippen molar-refractivity contribution in [2.24, 2.45) is 17.8 Å². The number of rotatable bonds is 6. The van der Waals surface area contributed by atoms with Crippen molar-refractivity contribution in [2.45, 2.75) is 40.7 Å². The lowest BCUT2D eigenvalue weighted by Gasteiger charge is -2.23. The number of aromatic nitrogens is 1. The average Bonchev–Trinajstić information content (AvgIpc) is 2.88. The van der Waals surface area contributed by atoms with Gasteiger partial charge in [-0.25, -0.2) is 0 Å². The predicted octanol–water partition coefficient (Wildman–Crippen LogP) is 3.31. The van der Waals surface area contributed by atoms with Gasteiger partial charge < -0.3 is 10.2 Å². The van der Waals surface area contributed by atoms with Crippen LogP contribution in [0.1, 0.15) is 39.7 Å². The van der Waals surface area contributed by atoms with Crippen molar-refractivity contribution in [1.29, 1.82) is 0 Å². The summed E-state index contributed by atoms with van der Waals surface area (Å²) in [7, 11) is 0. The van der Waals surface area contributed by atoms with E-state index in [1.807, 2.05) is 12.4 Å². The van der Waals surface area contributed by atoms with E-state index in [9.17, 15) is 0 Å². The van der Waals surface area contributed by atoms with Crippen molar-refractivity contribution in [3.05, 3.63) is 24.0 Å². The van der Waals surface area contributed by atoms with Gasteiger partial charge in [-0.3, -0.25) is 4.98 Å². The molecule has 0 amide bonds. The number of hydrogen-bond donors (Lipinski definition) is 1. The molecule has 20 heavy (non-hydrogen) atoms. The van der Waals surface area contributed by atoms with Crippen LogP contribution in [0.4, 0.5) is 5.69 Å². The summed E-state index contributed by atoms with van der Waals surface area (Å²) in [6.07, 6.45) is 5.26. The molecular formula is C17H29N3. The maximum Gasteiger partial charge on any atom is 0.0598 e. The molecule has 1 atom stereocenters. The molecule has 0 aromatic carbocycles. The van der Waals surface area contributed by atoms with E-state index < -0.39 is 0 Å². The Labute approximate surface area is 123 Å². The van der Waals surface area contributed by atoms with E-state index in [4.69, 9.17) is 0 Å². The molecule has 0 radical (unpaired) electrons. The van der Waals surface area contributed by atoms with Crippen LogP contribution in [0.3, 0.4) is 0 Å². The predicted molar refractivity (Wildman–Crippen MR) is 85.9 cm³/mol. The zero-order chi connectivity index (χ0) is 14.5. The smallest absolute Gasteiger partial charge is 0.0598 e. The molecule has 1 aromatic heterocycles. The van der Waals surface area contributed by atoms with Gasteiger partial charge in [0.1, 0.15) is 0 Å². The van der Waals surface area contributed by atoms with E-state index >= 15 is 0 Å². The van der Waals surface area contributed by atoms with Crippen molar-refractivity contribution in [3.8, 4) is 0 Å². The van der Waals surface area contributed by atoms with Crippen LogP contribution < -0.4 is 10.2 Å². The summed E-state index contributed by atoms with van der Waals surface area (Å²) in [5, 5.41) is 3.54. The first-order chi connectivity index (χ1) is 9.58. The minimum atomic E-state index is 0.692. The van der Waals surface area contributed by atoms with Gasteiger partial charge in [0.15, 0.2) is 0 Å². The molecule has 0 spiro atoms. The molecule has 3 nitrogen and oxygen atoms in total. The molecule has 0 bridgehead atoms.